The highest BCUT2D eigenvalue weighted by Crippen LogP contribution is 2.23. The number of rotatable bonds is 3. The molecule has 0 fully saturated rings. The summed E-state index contributed by atoms with van der Waals surface area (Å²) >= 11 is 0. The molecule has 3 heteroatoms. The fourth-order valence-corrected chi connectivity index (χ4v) is 2.74. The first-order valence-electron chi connectivity index (χ1n) is 5.61. The summed E-state index contributed by atoms with van der Waals surface area (Å²) in [4.78, 5) is 4.08. The van der Waals surface area contributed by atoms with Crippen molar-refractivity contribution in [2.75, 3.05) is 5.75 Å². The van der Waals surface area contributed by atoms with E-state index in [1.54, 1.807) is 6.20 Å². The van der Waals surface area contributed by atoms with Gasteiger partial charge in [-0.1, -0.05) is 6.92 Å². The molecular weight excluding hydrogens is 218 g/mol. The predicted molar refractivity (Wildman–Crippen MR) is 70.2 cm³/mol. The summed E-state index contributed by atoms with van der Waals surface area (Å²) in [6.07, 6.45) is 3.67. The largest absolute Gasteiger partial charge is 0.264 e. The minimum absolute atomic E-state index is 0.130. The van der Waals surface area contributed by atoms with Crippen LogP contribution in [0.2, 0.25) is 0 Å². The number of aryl methyl sites for hydroxylation is 1. The number of pyridine rings is 1. The number of nitrogens with zero attached hydrogens (tertiary/aromatic N) is 1. The van der Waals surface area contributed by atoms with Gasteiger partial charge in [0, 0.05) is 33.7 Å². The second-order valence-corrected chi connectivity index (χ2v) is 7.51. The molecule has 1 heterocycles. The van der Waals surface area contributed by atoms with Crippen LogP contribution in [0.15, 0.2) is 18.5 Å². The molecule has 0 spiro atoms. The predicted octanol–water partition coefficient (Wildman–Crippen LogP) is 3.04. The molecule has 1 aromatic heterocycles. The van der Waals surface area contributed by atoms with E-state index in [0.29, 0.717) is 11.7 Å². The van der Waals surface area contributed by atoms with Crippen LogP contribution in [0.5, 0.6) is 0 Å². The molecule has 0 N–H and O–H groups in total. The fraction of sp³-hybridized carbons (Fsp3) is 0.615. The Bertz CT molecular complexity index is 382. The highest BCUT2D eigenvalue weighted by molar-refractivity contribution is 7.86. The van der Waals surface area contributed by atoms with Crippen LogP contribution in [0, 0.1) is 6.92 Å². The van der Waals surface area contributed by atoms with E-state index in [0.717, 1.165) is 0 Å². The van der Waals surface area contributed by atoms with Gasteiger partial charge in [-0.3, -0.25) is 9.19 Å². The fourth-order valence-electron chi connectivity index (χ4n) is 1.60. The maximum absolute atomic E-state index is 12.1. The molecule has 0 amide bonds. The lowest BCUT2D eigenvalue weighted by atomic mass is 10.0. The van der Waals surface area contributed by atoms with Crippen molar-refractivity contribution in [1.29, 1.82) is 0 Å². The molecule has 16 heavy (non-hydrogen) atoms. The van der Waals surface area contributed by atoms with Crippen molar-refractivity contribution in [3.8, 4) is 0 Å². The van der Waals surface area contributed by atoms with Gasteiger partial charge in [0.05, 0.1) is 0 Å². The van der Waals surface area contributed by atoms with Gasteiger partial charge >= 0.3 is 0 Å². The van der Waals surface area contributed by atoms with Crippen molar-refractivity contribution < 1.29 is 4.21 Å². The Morgan fingerprint density at radius 2 is 2.06 bits per heavy atom. The van der Waals surface area contributed by atoms with Gasteiger partial charge in [-0.05, 0) is 50.8 Å². The lowest BCUT2D eigenvalue weighted by Gasteiger charge is -2.21. The molecule has 0 aliphatic heterocycles. The molecule has 2 atom stereocenters. The zero-order chi connectivity index (χ0) is 12.3. The number of hydrogen-bond acceptors (Lipinski definition) is 2. The van der Waals surface area contributed by atoms with E-state index in [1.165, 1.54) is 11.1 Å². The number of hydrogen-bond donors (Lipinski definition) is 0. The van der Waals surface area contributed by atoms with Gasteiger partial charge in [0.2, 0.25) is 0 Å². The Morgan fingerprint density at radius 1 is 1.44 bits per heavy atom. The van der Waals surface area contributed by atoms with E-state index < -0.39 is 10.8 Å². The first-order chi connectivity index (χ1) is 7.32. The van der Waals surface area contributed by atoms with Crippen molar-refractivity contribution in [3.63, 3.8) is 0 Å². The van der Waals surface area contributed by atoms with Crippen LogP contribution in [0.3, 0.4) is 0 Å². The van der Waals surface area contributed by atoms with Gasteiger partial charge in [-0.15, -0.1) is 0 Å². The second-order valence-electron chi connectivity index (χ2n) is 5.26. The molecule has 0 saturated carbocycles. The molecule has 0 saturated heterocycles. The normalized spacial score (nSPS) is 15.8. The lowest BCUT2D eigenvalue weighted by Crippen LogP contribution is -2.26. The van der Waals surface area contributed by atoms with Crippen LogP contribution < -0.4 is 0 Å². The van der Waals surface area contributed by atoms with Gasteiger partial charge in [0.1, 0.15) is 0 Å². The number of aromatic nitrogens is 1. The standard InChI is InChI=1S/C13H21NOS/c1-10-8-14-7-6-12(10)11(2)9-16(15)13(3,4)5/h6-8,11H,9H2,1-5H3/t11?,16-/m1/s1. The molecule has 2 nitrogen and oxygen atoms in total. The average Bonchev–Trinajstić information content (AvgIpc) is 2.16. The first-order valence-corrected chi connectivity index (χ1v) is 6.93. The summed E-state index contributed by atoms with van der Waals surface area (Å²) in [7, 11) is -0.797. The molecule has 0 radical (unpaired) electrons. The van der Waals surface area contributed by atoms with Crippen molar-refractivity contribution in [3.05, 3.63) is 29.6 Å². The quantitative estimate of drug-likeness (QED) is 0.811. The summed E-state index contributed by atoms with van der Waals surface area (Å²) in [5.74, 6) is 1.04. The SMILES string of the molecule is Cc1cnccc1C(C)C[S@@](=O)C(C)(C)C. The van der Waals surface area contributed by atoms with Crippen molar-refractivity contribution in [2.24, 2.45) is 0 Å². The minimum atomic E-state index is -0.797. The summed E-state index contributed by atoms with van der Waals surface area (Å²) in [5, 5.41) is 0. The molecule has 0 aliphatic rings. The molecular formula is C13H21NOS. The zero-order valence-corrected chi connectivity index (χ0v) is 11.6. The Hall–Kier alpha value is -0.700. The van der Waals surface area contributed by atoms with E-state index in [4.69, 9.17) is 0 Å². The molecule has 0 aromatic carbocycles. The summed E-state index contributed by atoms with van der Waals surface area (Å²) in [6.45, 7) is 10.3. The van der Waals surface area contributed by atoms with Gasteiger partial charge < -0.3 is 0 Å². The minimum Gasteiger partial charge on any atom is -0.264 e. The van der Waals surface area contributed by atoms with Gasteiger partial charge in [0.25, 0.3) is 0 Å². The molecule has 1 unspecified atom stereocenters. The molecule has 1 aromatic rings. The van der Waals surface area contributed by atoms with Crippen LogP contribution in [-0.2, 0) is 10.8 Å². The Balaban J connectivity index is 2.78. The summed E-state index contributed by atoms with van der Waals surface area (Å²) in [6, 6.07) is 2.03. The third-order valence-corrected chi connectivity index (χ3v) is 4.85. The van der Waals surface area contributed by atoms with Crippen molar-refractivity contribution in [2.45, 2.75) is 45.3 Å². The summed E-state index contributed by atoms with van der Waals surface area (Å²) in [5.41, 5.74) is 2.44. The van der Waals surface area contributed by atoms with Crippen LogP contribution in [0.4, 0.5) is 0 Å². The van der Waals surface area contributed by atoms with Crippen LogP contribution in [0.25, 0.3) is 0 Å². The van der Waals surface area contributed by atoms with E-state index in [-0.39, 0.29) is 4.75 Å². The van der Waals surface area contributed by atoms with Crippen molar-refractivity contribution >= 4 is 10.8 Å². The van der Waals surface area contributed by atoms with Crippen LogP contribution >= 0.6 is 0 Å². The Morgan fingerprint density at radius 3 is 2.56 bits per heavy atom. The van der Waals surface area contributed by atoms with E-state index in [9.17, 15) is 4.21 Å². The smallest absolute Gasteiger partial charge is 0.0375 e. The summed E-state index contributed by atoms with van der Waals surface area (Å²) < 4.78 is 11.9. The van der Waals surface area contributed by atoms with Crippen LogP contribution in [-0.4, -0.2) is 19.7 Å². The molecule has 0 aliphatic carbocycles. The molecule has 90 valence electrons. The van der Waals surface area contributed by atoms with Gasteiger partial charge in [0.15, 0.2) is 0 Å². The monoisotopic (exact) mass is 239 g/mol. The van der Waals surface area contributed by atoms with Gasteiger partial charge in [-0.2, -0.15) is 0 Å². The Labute approximate surface area is 101 Å². The third kappa shape index (κ3) is 3.41. The van der Waals surface area contributed by atoms with E-state index in [2.05, 4.69) is 18.8 Å². The maximum atomic E-state index is 12.1. The topological polar surface area (TPSA) is 30.0 Å². The lowest BCUT2D eigenvalue weighted by molar-refractivity contribution is 0.642. The highest BCUT2D eigenvalue weighted by atomic mass is 32.2. The first kappa shape index (κ1) is 13.4. The average molecular weight is 239 g/mol. The van der Waals surface area contributed by atoms with Crippen molar-refractivity contribution in [1.82, 2.24) is 4.98 Å². The van der Waals surface area contributed by atoms with Gasteiger partial charge in [-0.25, -0.2) is 0 Å². The Kier molecular flexibility index (Phi) is 4.25. The molecule has 0 bridgehead atoms. The van der Waals surface area contributed by atoms with E-state index in [1.807, 2.05) is 33.0 Å². The van der Waals surface area contributed by atoms with E-state index >= 15 is 0 Å². The molecule has 1 rings (SSSR count). The third-order valence-electron chi connectivity index (χ3n) is 2.68. The zero-order valence-electron chi connectivity index (χ0n) is 10.8. The highest BCUT2D eigenvalue weighted by Gasteiger charge is 2.22. The second kappa shape index (κ2) is 5.09. The van der Waals surface area contributed by atoms with Crippen LogP contribution in [0.1, 0.15) is 44.7 Å². The maximum Gasteiger partial charge on any atom is 0.0375 e.